The zero-order valence-corrected chi connectivity index (χ0v) is 12.5. The molecule has 1 saturated heterocycles. The second-order valence-corrected chi connectivity index (χ2v) is 6.70. The van der Waals surface area contributed by atoms with Crippen molar-refractivity contribution in [1.82, 2.24) is 0 Å². The topological polar surface area (TPSA) is 29.5 Å². The highest BCUT2D eigenvalue weighted by Gasteiger charge is 2.40. The minimum Gasteiger partial charge on any atom is -0.388 e. The number of ether oxygens (including phenoxy) is 1. The second kappa shape index (κ2) is 5.87. The maximum atomic E-state index is 10.7. The first-order valence-corrected chi connectivity index (χ1v) is 8.07. The van der Waals surface area contributed by atoms with Crippen LogP contribution in [0.5, 0.6) is 0 Å². The second-order valence-electron chi connectivity index (χ2n) is 6.70. The van der Waals surface area contributed by atoms with Gasteiger partial charge in [0.05, 0.1) is 11.7 Å². The van der Waals surface area contributed by atoms with Crippen LogP contribution in [0.3, 0.4) is 0 Å². The summed E-state index contributed by atoms with van der Waals surface area (Å²) in [6.45, 7) is 2.90. The van der Waals surface area contributed by atoms with E-state index >= 15 is 0 Å². The molecule has 3 rings (SSSR count). The Kier molecular flexibility index (Phi) is 4.13. The summed E-state index contributed by atoms with van der Waals surface area (Å²) in [4.78, 5) is 0. The summed E-state index contributed by atoms with van der Waals surface area (Å²) in [5.41, 5.74) is 2.37. The maximum absolute atomic E-state index is 10.7. The van der Waals surface area contributed by atoms with Crippen LogP contribution in [0.4, 0.5) is 0 Å². The highest BCUT2D eigenvalue weighted by atomic mass is 16.5. The summed E-state index contributed by atoms with van der Waals surface area (Å²) in [6.07, 6.45) is 7.96. The summed E-state index contributed by atoms with van der Waals surface area (Å²) in [6, 6.07) is 8.31. The average Bonchev–Trinajstić information content (AvgIpc) is 2.47. The van der Waals surface area contributed by atoms with Gasteiger partial charge in [0.25, 0.3) is 0 Å². The van der Waals surface area contributed by atoms with Crippen molar-refractivity contribution in [2.45, 2.75) is 63.6 Å². The predicted octanol–water partition coefficient (Wildman–Crippen LogP) is 4.16. The van der Waals surface area contributed by atoms with Crippen LogP contribution < -0.4 is 0 Å². The van der Waals surface area contributed by atoms with Gasteiger partial charge in [0.1, 0.15) is 0 Å². The van der Waals surface area contributed by atoms with Gasteiger partial charge in [-0.15, -0.1) is 0 Å². The SMILES string of the molecule is Cc1cccc(C(O)C2CCOC3(CCCCC3)C2)c1. The molecule has 1 aromatic carbocycles. The lowest BCUT2D eigenvalue weighted by atomic mass is 9.74. The first-order chi connectivity index (χ1) is 9.69. The van der Waals surface area contributed by atoms with E-state index in [4.69, 9.17) is 4.74 Å². The number of aliphatic hydroxyl groups is 1. The summed E-state index contributed by atoms with van der Waals surface area (Å²) in [5.74, 6) is 0.351. The Morgan fingerprint density at radius 3 is 2.80 bits per heavy atom. The summed E-state index contributed by atoms with van der Waals surface area (Å²) in [5, 5.41) is 10.7. The van der Waals surface area contributed by atoms with Crippen molar-refractivity contribution in [3.05, 3.63) is 35.4 Å². The molecular weight excluding hydrogens is 248 g/mol. The maximum Gasteiger partial charge on any atom is 0.0820 e. The largest absolute Gasteiger partial charge is 0.388 e. The number of benzene rings is 1. The van der Waals surface area contributed by atoms with Crippen LogP contribution in [0.15, 0.2) is 24.3 Å². The molecular formula is C18H26O2. The minimum absolute atomic E-state index is 0.0754. The molecule has 1 saturated carbocycles. The molecule has 1 heterocycles. The Labute approximate surface area is 122 Å². The van der Waals surface area contributed by atoms with Crippen LogP contribution in [-0.2, 0) is 4.74 Å². The molecule has 2 atom stereocenters. The highest BCUT2D eigenvalue weighted by Crippen LogP contribution is 2.44. The molecule has 2 nitrogen and oxygen atoms in total. The number of hydrogen-bond donors (Lipinski definition) is 1. The Bertz CT molecular complexity index is 443. The van der Waals surface area contributed by atoms with Crippen molar-refractivity contribution in [1.29, 1.82) is 0 Å². The van der Waals surface area contributed by atoms with Gasteiger partial charge in [0.15, 0.2) is 0 Å². The fraction of sp³-hybridized carbons (Fsp3) is 0.667. The molecule has 0 amide bonds. The van der Waals surface area contributed by atoms with E-state index < -0.39 is 0 Å². The monoisotopic (exact) mass is 274 g/mol. The van der Waals surface area contributed by atoms with Crippen LogP contribution in [0, 0.1) is 12.8 Å². The zero-order valence-electron chi connectivity index (χ0n) is 12.5. The third kappa shape index (κ3) is 2.91. The van der Waals surface area contributed by atoms with Gasteiger partial charge >= 0.3 is 0 Å². The quantitative estimate of drug-likeness (QED) is 0.877. The van der Waals surface area contributed by atoms with E-state index in [-0.39, 0.29) is 11.7 Å². The van der Waals surface area contributed by atoms with Gasteiger partial charge < -0.3 is 9.84 Å². The molecule has 2 fully saturated rings. The lowest BCUT2D eigenvalue weighted by molar-refractivity contribution is -0.134. The van der Waals surface area contributed by atoms with Crippen molar-refractivity contribution < 1.29 is 9.84 Å². The first kappa shape index (κ1) is 14.1. The summed E-state index contributed by atoms with van der Waals surface area (Å²) < 4.78 is 6.14. The number of hydrogen-bond acceptors (Lipinski definition) is 2. The Morgan fingerprint density at radius 2 is 2.05 bits per heavy atom. The van der Waals surface area contributed by atoms with E-state index in [9.17, 15) is 5.11 Å². The molecule has 1 aliphatic carbocycles. The number of aliphatic hydroxyl groups excluding tert-OH is 1. The molecule has 1 aliphatic heterocycles. The third-order valence-electron chi connectivity index (χ3n) is 5.13. The van der Waals surface area contributed by atoms with Gasteiger partial charge in [-0.3, -0.25) is 0 Å². The Hall–Kier alpha value is -0.860. The zero-order chi connectivity index (χ0) is 14.0. The van der Waals surface area contributed by atoms with E-state index in [1.807, 2.05) is 6.07 Å². The highest BCUT2D eigenvalue weighted by molar-refractivity contribution is 5.24. The smallest absolute Gasteiger partial charge is 0.0820 e. The van der Waals surface area contributed by atoms with Crippen LogP contribution >= 0.6 is 0 Å². The van der Waals surface area contributed by atoms with Crippen molar-refractivity contribution >= 4 is 0 Å². The van der Waals surface area contributed by atoms with E-state index in [1.54, 1.807) is 0 Å². The number of aryl methyl sites for hydroxylation is 1. The Balaban J connectivity index is 1.73. The standard InChI is InChI=1S/C18H26O2/c1-14-6-5-7-15(12-14)17(19)16-8-11-20-18(13-16)9-3-2-4-10-18/h5-7,12,16-17,19H,2-4,8-11,13H2,1H3. The van der Waals surface area contributed by atoms with Gasteiger partial charge in [-0.2, -0.15) is 0 Å². The van der Waals surface area contributed by atoms with Gasteiger partial charge in [-0.1, -0.05) is 49.1 Å². The van der Waals surface area contributed by atoms with Gasteiger partial charge in [0, 0.05) is 6.61 Å². The van der Waals surface area contributed by atoms with Crippen molar-refractivity contribution in [2.75, 3.05) is 6.61 Å². The molecule has 2 unspecified atom stereocenters. The minimum atomic E-state index is -0.336. The van der Waals surface area contributed by atoms with E-state index in [1.165, 1.54) is 37.7 Å². The molecule has 2 aliphatic rings. The van der Waals surface area contributed by atoms with E-state index in [0.717, 1.165) is 25.0 Å². The molecule has 1 aromatic rings. The van der Waals surface area contributed by atoms with Crippen LogP contribution in [-0.4, -0.2) is 17.3 Å². The van der Waals surface area contributed by atoms with Gasteiger partial charge in [0.2, 0.25) is 0 Å². The molecule has 2 heteroatoms. The van der Waals surface area contributed by atoms with Crippen molar-refractivity contribution in [3.8, 4) is 0 Å². The summed E-state index contributed by atoms with van der Waals surface area (Å²) in [7, 11) is 0. The van der Waals surface area contributed by atoms with Crippen molar-refractivity contribution in [2.24, 2.45) is 5.92 Å². The molecule has 0 bridgehead atoms. The predicted molar refractivity (Wildman–Crippen MR) is 80.6 cm³/mol. The molecule has 110 valence electrons. The molecule has 0 aromatic heterocycles. The van der Waals surface area contributed by atoms with Gasteiger partial charge in [-0.25, -0.2) is 0 Å². The van der Waals surface area contributed by atoms with Crippen LogP contribution in [0.1, 0.15) is 62.2 Å². The molecule has 0 radical (unpaired) electrons. The van der Waals surface area contributed by atoms with E-state index in [0.29, 0.717) is 5.92 Å². The van der Waals surface area contributed by atoms with Crippen LogP contribution in [0.25, 0.3) is 0 Å². The van der Waals surface area contributed by atoms with E-state index in [2.05, 4.69) is 25.1 Å². The third-order valence-corrected chi connectivity index (χ3v) is 5.13. The normalized spacial score (nSPS) is 27.4. The number of rotatable bonds is 2. The molecule has 20 heavy (non-hydrogen) atoms. The average molecular weight is 274 g/mol. The van der Waals surface area contributed by atoms with Crippen molar-refractivity contribution in [3.63, 3.8) is 0 Å². The Morgan fingerprint density at radius 1 is 1.25 bits per heavy atom. The van der Waals surface area contributed by atoms with Gasteiger partial charge in [-0.05, 0) is 44.1 Å². The lowest BCUT2D eigenvalue weighted by Gasteiger charge is -2.44. The molecule has 1 spiro atoms. The first-order valence-electron chi connectivity index (χ1n) is 8.07. The van der Waals surface area contributed by atoms with Crippen LogP contribution in [0.2, 0.25) is 0 Å². The fourth-order valence-corrected chi connectivity index (χ4v) is 4.01. The summed E-state index contributed by atoms with van der Waals surface area (Å²) >= 11 is 0. The lowest BCUT2D eigenvalue weighted by Crippen LogP contribution is -2.42. The molecule has 1 N–H and O–H groups in total. The fourth-order valence-electron chi connectivity index (χ4n) is 4.01.